The lowest BCUT2D eigenvalue weighted by atomic mass is 10.2. The smallest absolute Gasteiger partial charge is 0.205 e. The van der Waals surface area contributed by atoms with Crippen molar-refractivity contribution in [1.82, 2.24) is 18.5 Å². The van der Waals surface area contributed by atoms with Gasteiger partial charge in [0.25, 0.3) is 0 Å². The molecule has 0 aliphatic heterocycles. The molecule has 8 heteroatoms. The molecule has 0 radical (unpaired) electrons. The van der Waals surface area contributed by atoms with Crippen LogP contribution in [0.15, 0.2) is 35.5 Å². The second-order valence-corrected chi connectivity index (χ2v) is 7.26. The number of benzene rings is 1. The van der Waals surface area contributed by atoms with Crippen molar-refractivity contribution < 1.29 is 8.42 Å². The molecule has 0 aliphatic rings. The molecule has 2 aromatic rings. The standard InChI is InChI=1S/C12H16N4O2S2/c1-10-13-12(14-16(10)20(17,18)15(2)3)19-9-11-7-5-4-6-8-11/h4-8H,9H2,1-3H3. The molecule has 0 aliphatic carbocycles. The van der Waals surface area contributed by atoms with Gasteiger partial charge in [0.1, 0.15) is 5.82 Å². The molecule has 108 valence electrons. The van der Waals surface area contributed by atoms with Gasteiger partial charge in [-0.25, -0.2) is 4.98 Å². The van der Waals surface area contributed by atoms with E-state index in [4.69, 9.17) is 0 Å². The Hall–Kier alpha value is -1.38. The first-order chi connectivity index (χ1) is 9.41. The van der Waals surface area contributed by atoms with Crippen LogP contribution in [-0.2, 0) is 16.0 Å². The number of aromatic nitrogens is 3. The predicted molar refractivity (Wildman–Crippen MR) is 78.8 cm³/mol. The Morgan fingerprint density at radius 2 is 1.90 bits per heavy atom. The molecule has 1 aromatic carbocycles. The summed E-state index contributed by atoms with van der Waals surface area (Å²) in [4.78, 5) is 4.18. The SMILES string of the molecule is Cc1nc(SCc2ccccc2)nn1S(=O)(=O)N(C)C. The Kier molecular flexibility index (Phi) is 4.46. The molecule has 0 atom stereocenters. The van der Waals surface area contributed by atoms with Crippen molar-refractivity contribution in [2.75, 3.05) is 14.1 Å². The van der Waals surface area contributed by atoms with Crippen LogP contribution in [0.5, 0.6) is 0 Å². The Balaban J connectivity index is 2.16. The highest BCUT2D eigenvalue weighted by molar-refractivity contribution is 7.98. The van der Waals surface area contributed by atoms with Crippen LogP contribution in [0.1, 0.15) is 11.4 Å². The molecule has 1 heterocycles. The van der Waals surface area contributed by atoms with Crippen LogP contribution < -0.4 is 0 Å². The van der Waals surface area contributed by atoms with Crippen molar-refractivity contribution in [3.05, 3.63) is 41.7 Å². The topological polar surface area (TPSA) is 68.1 Å². The average Bonchev–Trinajstić information content (AvgIpc) is 2.79. The largest absolute Gasteiger partial charge is 0.324 e. The van der Waals surface area contributed by atoms with Gasteiger partial charge in [0.2, 0.25) is 5.16 Å². The number of nitrogens with zero attached hydrogens (tertiary/aromatic N) is 4. The molecule has 0 fully saturated rings. The molecule has 1 aromatic heterocycles. The molecule has 0 bridgehead atoms. The van der Waals surface area contributed by atoms with E-state index in [0.717, 1.165) is 14.0 Å². The molecule has 0 unspecified atom stereocenters. The van der Waals surface area contributed by atoms with Gasteiger partial charge in [-0.15, -0.1) is 9.19 Å². The van der Waals surface area contributed by atoms with Crippen LogP contribution in [-0.4, -0.2) is 41.0 Å². The fourth-order valence-electron chi connectivity index (χ4n) is 1.51. The summed E-state index contributed by atoms with van der Waals surface area (Å²) < 4.78 is 26.1. The molecular weight excluding hydrogens is 296 g/mol. The molecule has 0 saturated carbocycles. The minimum absolute atomic E-state index is 0.356. The highest BCUT2D eigenvalue weighted by Gasteiger charge is 2.21. The highest BCUT2D eigenvalue weighted by Crippen LogP contribution is 2.20. The third kappa shape index (κ3) is 3.20. The summed E-state index contributed by atoms with van der Waals surface area (Å²) in [6, 6.07) is 9.89. The summed E-state index contributed by atoms with van der Waals surface area (Å²) in [5.41, 5.74) is 1.14. The summed E-state index contributed by atoms with van der Waals surface area (Å²) in [5.74, 6) is 1.06. The van der Waals surface area contributed by atoms with Gasteiger partial charge in [0.05, 0.1) is 0 Å². The van der Waals surface area contributed by atoms with Gasteiger partial charge in [0.15, 0.2) is 0 Å². The first-order valence-corrected chi connectivity index (χ1v) is 8.33. The van der Waals surface area contributed by atoms with Crippen molar-refractivity contribution in [2.45, 2.75) is 17.8 Å². The summed E-state index contributed by atoms with van der Waals surface area (Å²) in [6.45, 7) is 1.63. The third-order valence-corrected chi connectivity index (χ3v) is 5.22. The number of aryl methyl sites for hydroxylation is 1. The van der Waals surface area contributed by atoms with Gasteiger partial charge in [-0.3, -0.25) is 0 Å². The zero-order valence-electron chi connectivity index (χ0n) is 11.5. The van der Waals surface area contributed by atoms with E-state index in [0.29, 0.717) is 16.7 Å². The van der Waals surface area contributed by atoms with Gasteiger partial charge >= 0.3 is 10.2 Å². The quantitative estimate of drug-likeness (QED) is 0.783. The summed E-state index contributed by atoms with van der Waals surface area (Å²) in [5, 5.41) is 4.51. The van der Waals surface area contributed by atoms with Crippen LogP contribution in [0.3, 0.4) is 0 Å². The summed E-state index contributed by atoms with van der Waals surface area (Å²) in [6.07, 6.45) is 0. The van der Waals surface area contributed by atoms with Crippen LogP contribution in [0.2, 0.25) is 0 Å². The van der Waals surface area contributed by atoms with Crippen LogP contribution >= 0.6 is 11.8 Å². The van der Waals surface area contributed by atoms with E-state index in [9.17, 15) is 8.42 Å². The Bertz CT molecular complexity index is 681. The van der Waals surface area contributed by atoms with Gasteiger partial charge < -0.3 is 0 Å². The van der Waals surface area contributed by atoms with Crippen molar-refractivity contribution >= 4 is 22.0 Å². The number of rotatable bonds is 5. The highest BCUT2D eigenvalue weighted by atomic mass is 32.2. The van der Waals surface area contributed by atoms with Crippen LogP contribution in [0, 0.1) is 6.92 Å². The van der Waals surface area contributed by atoms with Crippen LogP contribution in [0.25, 0.3) is 0 Å². The molecule has 20 heavy (non-hydrogen) atoms. The molecule has 0 saturated heterocycles. The Morgan fingerprint density at radius 1 is 1.25 bits per heavy atom. The minimum Gasteiger partial charge on any atom is -0.205 e. The normalized spacial score (nSPS) is 12.0. The van der Waals surface area contributed by atoms with Gasteiger partial charge in [0, 0.05) is 19.8 Å². The molecule has 0 spiro atoms. The molecule has 2 rings (SSSR count). The zero-order chi connectivity index (χ0) is 14.8. The second kappa shape index (κ2) is 5.94. The van der Waals surface area contributed by atoms with Crippen molar-refractivity contribution in [3.63, 3.8) is 0 Å². The predicted octanol–water partition coefficient (Wildman–Crippen LogP) is 1.53. The zero-order valence-corrected chi connectivity index (χ0v) is 13.1. The lowest BCUT2D eigenvalue weighted by molar-refractivity contribution is 0.501. The maximum atomic E-state index is 12.0. The van der Waals surface area contributed by atoms with Gasteiger partial charge in [-0.2, -0.15) is 12.7 Å². The van der Waals surface area contributed by atoms with Crippen LogP contribution in [0.4, 0.5) is 0 Å². The van der Waals surface area contributed by atoms with E-state index in [2.05, 4.69) is 10.1 Å². The molecular formula is C12H16N4O2S2. The van der Waals surface area contributed by atoms with Crippen molar-refractivity contribution in [1.29, 1.82) is 0 Å². The monoisotopic (exact) mass is 312 g/mol. The fourth-order valence-corrected chi connectivity index (χ4v) is 3.25. The number of hydrogen-bond acceptors (Lipinski definition) is 5. The summed E-state index contributed by atoms with van der Waals surface area (Å²) >= 11 is 1.41. The molecule has 6 nitrogen and oxygen atoms in total. The second-order valence-electron chi connectivity index (χ2n) is 4.35. The number of thioether (sulfide) groups is 1. The van der Waals surface area contributed by atoms with E-state index in [1.165, 1.54) is 25.9 Å². The van der Waals surface area contributed by atoms with Crippen molar-refractivity contribution in [2.24, 2.45) is 0 Å². The van der Waals surface area contributed by atoms with Crippen molar-refractivity contribution in [3.8, 4) is 0 Å². The summed E-state index contributed by atoms with van der Waals surface area (Å²) in [7, 11) is -0.676. The Labute approximate surface area is 123 Å². The average molecular weight is 312 g/mol. The molecule has 0 amide bonds. The maximum Gasteiger partial charge on any atom is 0.324 e. The fraction of sp³-hybridized carbons (Fsp3) is 0.333. The minimum atomic E-state index is -3.61. The lowest BCUT2D eigenvalue weighted by Crippen LogP contribution is -2.30. The van der Waals surface area contributed by atoms with Gasteiger partial charge in [-0.1, -0.05) is 42.1 Å². The van der Waals surface area contributed by atoms with Gasteiger partial charge in [-0.05, 0) is 12.5 Å². The lowest BCUT2D eigenvalue weighted by Gasteiger charge is -2.10. The van der Waals surface area contributed by atoms with E-state index in [1.54, 1.807) is 6.92 Å². The first-order valence-electron chi connectivity index (χ1n) is 5.94. The third-order valence-electron chi connectivity index (χ3n) is 2.60. The van der Waals surface area contributed by atoms with E-state index in [1.807, 2.05) is 30.3 Å². The molecule has 0 N–H and O–H groups in total. The van der Waals surface area contributed by atoms with E-state index < -0.39 is 10.2 Å². The Morgan fingerprint density at radius 3 is 2.50 bits per heavy atom. The maximum absolute atomic E-state index is 12.0. The van der Waals surface area contributed by atoms with E-state index in [-0.39, 0.29) is 0 Å². The number of hydrogen-bond donors (Lipinski definition) is 0. The van der Waals surface area contributed by atoms with E-state index >= 15 is 0 Å². The first kappa shape index (κ1) is 15.0.